The van der Waals surface area contributed by atoms with Gasteiger partial charge in [-0.3, -0.25) is 0 Å². The molecule has 0 unspecified atom stereocenters. The van der Waals surface area contributed by atoms with E-state index in [9.17, 15) is 0 Å². The van der Waals surface area contributed by atoms with Crippen molar-refractivity contribution in [3.05, 3.63) is 60.2 Å². The van der Waals surface area contributed by atoms with Crippen LogP contribution in [0.2, 0.25) is 0 Å². The minimum atomic E-state index is 0.956. The van der Waals surface area contributed by atoms with E-state index in [0.29, 0.717) is 0 Å². The zero-order valence-corrected chi connectivity index (χ0v) is 16.6. The predicted octanol–water partition coefficient (Wildman–Crippen LogP) is 6.64. The van der Waals surface area contributed by atoms with Crippen LogP contribution < -0.4 is 0 Å². The zero-order chi connectivity index (χ0) is 19.1. The number of aromatic nitrogens is 3. The monoisotopic (exact) mass is 367 g/mol. The number of hydrogen-bond donors (Lipinski definition) is 0. The third-order valence-electron chi connectivity index (χ3n) is 5.79. The molecule has 0 saturated carbocycles. The van der Waals surface area contributed by atoms with Crippen LogP contribution in [0.25, 0.3) is 43.9 Å². The van der Waals surface area contributed by atoms with Gasteiger partial charge in [-0.2, -0.15) is 0 Å². The van der Waals surface area contributed by atoms with Crippen molar-refractivity contribution < 1.29 is 0 Å². The Hall–Kier alpha value is -2.94. The van der Waals surface area contributed by atoms with Crippen molar-refractivity contribution in [2.75, 3.05) is 0 Å². The summed E-state index contributed by atoms with van der Waals surface area (Å²) in [7, 11) is 0. The first kappa shape index (κ1) is 17.2. The molecule has 28 heavy (non-hydrogen) atoms. The average Bonchev–Trinajstić information content (AvgIpc) is 3.07. The third-order valence-corrected chi connectivity index (χ3v) is 5.79. The van der Waals surface area contributed by atoms with E-state index >= 15 is 0 Å². The van der Waals surface area contributed by atoms with Gasteiger partial charge in [-0.1, -0.05) is 50.1 Å². The van der Waals surface area contributed by atoms with Gasteiger partial charge >= 0.3 is 0 Å². The zero-order valence-electron chi connectivity index (χ0n) is 16.6. The highest BCUT2D eigenvalue weighted by atomic mass is 15.0. The molecule has 0 aliphatic heterocycles. The smallest absolute Gasteiger partial charge is 0.0994 e. The SMILES string of the molecule is CCCCCc1cc2nc3ccccc3nc2c2c3ccccc3n(CC)c12. The van der Waals surface area contributed by atoms with Gasteiger partial charge < -0.3 is 4.57 Å². The average molecular weight is 367 g/mol. The number of unbranched alkanes of at least 4 members (excludes halogenated alkanes) is 2. The fourth-order valence-corrected chi connectivity index (χ4v) is 4.49. The number of fused-ring (bicyclic) bond motifs is 6. The lowest BCUT2D eigenvalue weighted by atomic mass is 10.0. The molecule has 140 valence electrons. The molecule has 2 aromatic heterocycles. The van der Waals surface area contributed by atoms with E-state index in [4.69, 9.17) is 9.97 Å². The quantitative estimate of drug-likeness (QED) is 0.257. The van der Waals surface area contributed by atoms with Crippen molar-refractivity contribution in [1.82, 2.24) is 14.5 Å². The molecule has 0 N–H and O–H groups in total. The van der Waals surface area contributed by atoms with Crippen molar-refractivity contribution in [1.29, 1.82) is 0 Å². The summed E-state index contributed by atoms with van der Waals surface area (Å²) in [5.41, 5.74) is 8.00. The lowest BCUT2D eigenvalue weighted by Crippen LogP contribution is -1.99. The predicted molar refractivity (Wildman–Crippen MR) is 119 cm³/mol. The van der Waals surface area contributed by atoms with Gasteiger partial charge in [-0.25, -0.2) is 9.97 Å². The lowest BCUT2D eigenvalue weighted by molar-refractivity contribution is 0.716. The Balaban J connectivity index is 1.95. The van der Waals surface area contributed by atoms with E-state index in [1.165, 1.54) is 46.6 Å². The van der Waals surface area contributed by atoms with Crippen LogP contribution in [0.4, 0.5) is 0 Å². The molecule has 0 fully saturated rings. The van der Waals surface area contributed by atoms with E-state index in [1.807, 2.05) is 12.1 Å². The van der Waals surface area contributed by atoms with Gasteiger partial charge in [0.15, 0.2) is 0 Å². The summed E-state index contributed by atoms with van der Waals surface area (Å²) in [6.45, 7) is 5.45. The largest absolute Gasteiger partial charge is 0.340 e. The van der Waals surface area contributed by atoms with E-state index in [-0.39, 0.29) is 0 Å². The van der Waals surface area contributed by atoms with Crippen LogP contribution in [0.3, 0.4) is 0 Å². The topological polar surface area (TPSA) is 30.7 Å². The number of rotatable bonds is 5. The first-order chi connectivity index (χ1) is 13.8. The van der Waals surface area contributed by atoms with Crippen molar-refractivity contribution >= 4 is 43.9 Å². The fraction of sp³-hybridized carbons (Fsp3) is 0.280. The Morgan fingerprint density at radius 1 is 0.821 bits per heavy atom. The van der Waals surface area contributed by atoms with Crippen LogP contribution in [0, 0.1) is 0 Å². The van der Waals surface area contributed by atoms with Gasteiger partial charge in [0.25, 0.3) is 0 Å². The number of benzene rings is 3. The van der Waals surface area contributed by atoms with Crippen molar-refractivity contribution in [2.24, 2.45) is 0 Å². The van der Waals surface area contributed by atoms with E-state index in [2.05, 4.69) is 60.9 Å². The molecule has 5 rings (SSSR count). The highest BCUT2D eigenvalue weighted by molar-refractivity contribution is 6.20. The Morgan fingerprint density at radius 2 is 1.57 bits per heavy atom. The number of hydrogen-bond acceptors (Lipinski definition) is 2. The summed E-state index contributed by atoms with van der Waals surface area (Å²) < 4.78 is 2.46. The minimum absolute atomic E-state index is 0.956. The normalized spacial score (nSPS) is 11.9. The first-order valence-electron chi connectivity index (χ1n) is 10.4. The van der Waals surface area contributed by atoms with Gasteiger partial charge in [0.05, 0.1) is 27.6 Å². The van der Waals surface area contributed by atoms with E-state index < -0.39 is 0 Å². The maximum Gasteiger partial charge on any atom is 0.0994 e. The van der Waals surface area contributed by atoms with Crippen molar-refractivity contribution in [2.45, 2.75) is 46.1 Å². The van der Waals surface area contributed by atoms with E-state index in [0.717, 1.165) is 35.0 Å². The molecule has 0 aliphatic rings. The molecule has 0 aliphatic carbocycles. The van der Waals surface area contributed by atoms with E-state index in [1.54, 1.807) is 0 Å². The molecule has 3 nitrogen and oxygen atoms in total. The van der Waals surface area contributed by atoms with Crippen LogP contribution in [-0.4, -0.2) is 14.5 Å². The third kappa shape index (κ3) is 2.57. The number of para-hydroxylation sites is 3. The van der Waals surface area contributed by atoms with Gasteiger partial charge in [0.1, 0.15) is 0 Å². The van der Waals surface area contributed by atoms with Gasteiger partial charge in [-0.15, -0.1) is 0 Å². The second-order valence-electron chi connectivity index (χ2n) is 7.56. The minimum Gasteiger partial charge on any atom is -0.340 e. The Bertz CT molecular complexity index is 1310. The van der Waals surface area contributed by atoms with Crippen LogP contribution >= 0.6 is 0 Å². The molecule has 0 spiro atoms. The Kier molecular flexibility index (Phi) is 4.23. The van der Waals surface area contributed by atoms with Crippen LogP contribution in [0.1, 0.15) is 38.7 Å². The fourth-order valence-electron chi connectivity index (χ4n) is 4.49. The summed E-state index contributed by atoms with van der Waals surface area (Å²) in [6.07, 6.45) is 4.79. The lowest BCUT2D eigenvalue weighted by Gasteiger charge is -2.11. The molecular formula is C25H25N3. The summed E-state index contributed by atoms with van der Waals surface area (Å²) in [4.78, 5) is 10.1. The molecule has 0 atom stereocenters. The molecule has 0 saturated heterocycles. The second kappa shape index (κ2) is 6.90. The Morgan fingerprint density at radius 3 is 2.36 bits per heavy atom. The number of aryl methyl sites for hydroxylation is 2. The molecule has 0 amide bonds. The molecule has 3 aromatic carbocycles. The summed E-state index contributed by atoms with van der Waals surface area (Å²) in [6, 6.07) is 19.2. The molecule has 3 heteroatoms. The van der Waals surface area contributed by atoms with Crippen LogP contribution in [0.15, 0.2) is 54.6 Å². The molecule has 0 bridgehead atoms. The summed E-state index contributed by atoms with van der Waals surface area (Å²) >= 11 is 0. The molecule has 0 radical (unpaired) electrons. The maximum absolute atomic E-state index is 5.07. The van der Waals surface area contributed by atoms with Crippen LogP contribution in [-0.2, 0) is 13.0 Å². The maximum atomic E-state index is 5.07. The Labute approximate surface area is 165 Å². The molecular weight excluding hydrogens is 342 g/mol. The van der Waals surface area contributed by atoms with Gasteiger partial charge in [0.2, 0.25) is 0 Å². The van der Waals surface area contributed by atoms with Crippen molar-refractivity contribution in [3.63, 3.8) is 0 Å². The van der Waals surface area contributed by atoms with Crippen molar-refractivity contribution in [3.8, 4) is 0 Å². The highest BCUT2D eigenvalue weighted by Gasteiger charge is 2.18. The molecule has 2 heterocycles. The molecule has 5 aromatic rings. The second-order valence-corrected chi connectivity index (χ2v) is 7.56. The highest BCUT2D eigenvalue weighted by Crippen LogP contribution is 2.37. The first-order valence-corrected chi connectivity index (χ1v) is 10.4. The summed E-state index contributed by atoms with van der Waals surface area (Å²) in [5.74, 6) is 0. The standard InChI is InChI=1S/C25H25N3/c1-3-5-6-11-17-16-21-24(27-20-14-9-8-13-19(20)26-21)23-18-12-7-10-15-22(18)28(4-2)25(17)23/h7-10,12-16H,3-6,11H2,1-2H3. The summed E-state index contributed by atoms with van der Waals surface area (Å²) in [5, 5.41) is 2.55. The number of nitrogens with zero attached hydrogens (tertiary/aromatic N) is 3. The van der Waals surface area contributed by atoms with Gasteiger partial charge in [-0.05, 0) is 49.6 Å². The van der Waals surface area contributed by atoms with Gasteiger partial charge in [0, 0.05) is 22.8 Å². The van der Waals surface area contributed by atoms with Crippen LogP contribution in [0.5, 0.6) is 0 Å².